The van der Waals surface area contributed by atoms with Crippen LogP contribution < -0.4 is 0 Å². The van der Waals surface area contributed by atoms with Gasteiger partial charge in [-0.15, -0.1) is 0 Å². The van der Waals surface area contributed by atoms with Crippen LogP contribution in [0.25, 0.3) is 0 Å². The van der Waals surface area contributed by atoms with Gasteiger partial charge in [0.1, 0.15) is 0 Å². The Bertz CT molecular complexity index is 365. The number of rotatable bonds is 2. The van der Waals surface area contributed by atoms with Gasteiger partial charge < -0.3 is 4.90 Å². The summed E-state index contributed by atoms with van der Waals surface area (Å²) >= 11 is 3.78. The lowest BCUT2D eigenvalue weighted by atomic mass is 9.87. The smallest absolute Gasteiger partial charge is 0.278 e. The minimum atomic E-state index is -0.208. The van der Waals surface area contributed by atoms with Gasteiger partial charge in [-0.1, -0.05) is 57.7 Å². The van der Waals surface area contributed by atoms with Gasteiger partial charge in [0.2, 0.25) is 0 Å². The standard InChI is InChI=1S/C13H19NOS/c1-13(2,3)11-7-5-10(6-8-11)9-14(4)12(15)16/h5-8H,9H2,1-4H3,(H,15,16). The second kappa shape index (κ2) is 4.91. The molecule has 0 aliphatic rings. The molecule has 1 amide bonds. The molecule has 88 valence electrons. The Balaban J connectivity index is 2.76. The van der Waals surface area contributed by atoms with Crippen LogP contribution in [0, 0.1) is 0 Å². The van der Waals surface area contributed by atoms with Crippen molar-refractivity contribution in [2.75, 3.05) is 7.05 Å². The Kier molecular flexibility index (Phi) is 4.03. The van der Waals surface area contributed by atoms with E-state index in [1.54, 1.807) is 11.9 Å². The van der Waals surface area contributed by atoms with Crippen LogP contribution >= 0.6 is 12.6 Å². The summed E-state index contributed by atoms with van der Waals surface area (Å²) in [6, 6.07) is 8.36. The maximum atomic E-state index is 11.0. The molecule has 0 unspecified atom stereocenters. The van der Waals surface area contributed by atoms with Crippen molar-refractivity contribution in [1.29, 1.82) is 0 Å². The van der Waals surface area contributed by atoms with Crippen molar-refractivity contribution in [1.82, 2.24) is 4.90 Å². The van der Waals surface area contributed by atoms with E-state index in [0.29, 0.717) is 6.54 Å². The molecule has 0 saturated carbocycles. The highest BCUT2D eigenvalue weighted by Crippen LogP contribution is 2.22. The first kappa shape index (κ1) is 13.1. The molecule has 0 bridgehead atoms. The summed E-state index contributed by atoms with van der Waals surface area (Å²) in [5.41, 5.74) is 2.60. The van der Waals surface area contributed by atoms with Crippen LogP contribution in [-0.2, 0) is 12.0 Å². The largest absolute Gasteiger partial charge is 0.333 e. The SMILES string of the molecule is CN(Cc1ccc(C(C)(C)C)cc1)C(=O)S. The fourth-order valence-corrected chi connectivity index (χ4v) is 1.52. The van der Waals surface area contributed by atoms with Crippen molar-refractivity contribution in [2.24, 2.45) is 0 Å². The predicted molar refractivity (Wildman–Crippen MR) is 71.0 cm³/mol. The monoisotopic (exact) mass is 237 g/mol. The molecule has 0 heterocycles. The molecule has 1 aromatic rings. The molecule has 0 aromatic heterocycles. The average Bonchev–Trinajstić information content (AvgIpc) is 2.17. The van der Waals surface area contributed by atoms with E-state index in [-0.39, 0.29) is 10.7 Å². The predicted octanol–water partition coefficient (Wildman–Crippen LogP) is 3.47. The van der Waals surface area contributed by atoms with Crippen molar-refractivity contribution in [2.45, 2.75) is 32.7 Å². The fourth-order valence-electron chi connectivity index (χ4n) is 1.45. The molecular formula is C13H19NOS. The van der Waals surface area contributed by atoms with Gasteiger partial charge in [-0.2, -0.15) is 0 Å². The number of thiol groups is 1. The van der Waals surface area contributed by atoms with Gasteiger partial charge in [0, 0.05) is 13.6 Å². The second-order valence-corrected chi connectivity index (χ2v) is 5.47. The fraction of sp³-hybridized carbons (Fsp3) is 0.462. The average molecular weight is 237 g/mol. The van der Waals surface area contributed by atoms with Crippen LogP contribution in [0.2, 0.25) is 0 Å². The van der Waals surface area contributed by atoms with E-state index in [2.05, 4.69) is 57.7 Å². The van der Waals surface area contributed by atoms with Crippen molar-refractivity contribution < 1.29 is 4.79 Å². The highest BCUT2D eigenvalue weighted by Gasteiger charge is 2.13. The molecule has 0 radical (unpaired) electrons. The Morgan fingerprint density at radius 2 is 1.75 bits per heavy atom. The summed E-state index contributed by atoms with van der Waals surface area (Å²) in [6.07, 6.45) is 0. The van der Waals surface area contributed by atoms with Crippen LogP contribution in [0.4, 0.5) is 4.79 Å². The second-order valence-electron chi connectivity index (χ2n) is 5.09. The summed E-state index contributed by atoms with van der Waals surface area (Å²) < 4.78 is 0. The Morgan fingerprint density at radius 3 is 2.12 bits per heavy atom. The van der Waals surface area contributed by atoms with Gasteiger partial charge >= 0.3 is 0 Å². The van der Waals surface area contributed by atoms with Crippen LogP contribution in [0.1, 0.15) is 31.9 Å². The molecule has 0 spiro atoms. The van der Waals surface area contributed by atoms with E-state index < -0.39 is 0 Å². The maximum absolute atomic E-state index is 11.0. The Labute approximate surface area is 103 Å². The van der Waals surface area contributed by atoms with E-state index in [1.165, 1.54) is 5.56 Å². The van der Waals surface area contributed by atoms with E-state index >= 15 is 0 Å². The minimum Gasteiger partial charge on any atom is -0.333 e. The number of amides is 1. The number of hydrogen-bond donors (Lipinski definition) is 1. The minimum absolute atomic E-state index is 0.170. The molecule has 0 saturated heterocycles. The van der Waals surface area contributed by atoms with Crippen molar-refractivity contribution in [3.05, 3.63) is 35.4 Å². The Morgan fingerprint density at radius 1 is 1.25 bits per heavy atom. The van der Waals surface area contributed by atoms with E-state index in [1.807, 2.05) is 0 Å². The van der Waals surface area contributed by atoms with Gasteiger partial charge in [-0.3, -0.25) is 4.79 Å². The molecule has 16 heavy (non-hydrogen) atoms. The molecular weight excluding hydrogens is 218 g/mol. The van der Waals surface area contributed by atoms with E-state index in [0.717, 1.165) is 5.56 Å². The Hall–Kier alpha value is -0.960. The van der Waals surface area contributed by atoms with Crippen LogP contribution in [0.5, 0.6) is 0 Å². The third-order valence-electron chi connectivity index (χ3n) is 2.57. The highest BCUT2D eigenvalue weighted by atomic mass is 32.1. The molecule has 0 atom stereocenters. The molecule has 3 heteroatoms. The molecule has 2 nitrogen and oxygen atoms in total. The topological polar surface area (TPSA) is 20.3 Å². The summed E-state index contributed by atoms with van der Waals surface area (Å²) in [5, 5.41) is -0.208. The number of hydrogen-bond acceptors (Lipinski definition) is 1. The first-order valence-electron chi connectivity index (χ1n) is 5.34. The highest BCUT2D eigenvalue weighted by molar-refractivity contribution is 7.96. The van der Waals surface area contributed by atoms with E-state index in [9.17, 15) is 4.79 Å². The van der Waals surface area contributed by atoms with E-state index in [4.69, 9.17) is 0 Å². The molecule has 1 aromatic carbocycles. The lowest BCUT2D eigenvalue weighted by Gasteiger charge is -2.20. The first-order valence-corrected chi connectivity index (χ1v) is 5.79. The van der Waals surface area contributed by atoms with Gasteiger partial charge in [-0.25, -0.2) is 0 Å². The summed E-state index contributed by atoms with van der Waals surface area (Å²) in [7, 11) is 1.74. The number of benzene rings is 1. The third kappa shape index (κ3) is 3.56. The van der Waals surface area contributed by atoms with Crippen molar-refractivity contribution in [3.8, 4) is 0 Å². The number of carbonyl (C=O) groups is 1. The van der Waals surface area contributed by atoms with Crippen LogP contribution in [-0.4, -0.2) is 17.2 Å². The van der Waals surface area contributed by atoms with Gasteiger partial charge in [0.15, 0.2) is 0 Å². The summed E-state index contributed by atoms with van der Waals surface area (Å²) in [6.45, 7) is 7.16. The zero-order chi connectivity index (χ0) is 12.3. The molecule has 1 rings (SSSR count). The maximum Gasteiger partial charge on any atom is 0.278 e. The molecule has 0 fully saturated rings. The molecule has 0 N–H and O–H groups in total. The summed E-state index contributed by atoms with van der Waals surface area (Å²) in [5.74, 6) is 0. The molecule has 0 aliphatic carbocycles. The summed E-state index contributed by atoms with van der Waals surface area (Å²) in [4.78, 5) is 12.5. The molecule has 0 aliphatic heterocycles. The van der Waals surface area contributed by atoms with Gasteiger partial charge in [-0.05, 0) is 16.5 Å². The first-order chi connectivity index (χ1) is 7.30. The quantitative estimate of drug-likeness (QED) is 0.781. The van der Waals surface area contributed by atoms with Crippen molar-refractivity contribution in [3.63, 3.8) is 0 Å². The zero-order valence-electron chi connectivity index (χ0n) is 10.3. The number of nitrogens with zero attached hydrogens (tertiary/aromatic N) is 1. The lowest BCUT2D eigenvalue weighted by molar-refractivity contribution is 0.232. The number of carbonyl (C=O) groups excluding carboxylic acids is 1. The lowest BCUT2D eigenvalue weighted by Crippen LogP contribution is -2.20. The van der Waals surface area contributed by atoms with Gasteiger partial charge in [0.25, 0.3) is 5.24 Å². The van der Waals surface area contributed by atoms with Crippen LogP contribution in [0.15, 0.2) is 24.3 Å². The zero-order valence-corrected chi connectivity index (χ0v) is 11.2. The normalized spacial score (nSPS) is 11.3. The third-order valence-corrected chi connectivity index (χ3v) is 2.91. The van der Waals surface area contributed by atoms with Crippen molar-refractivity contribution >= 4 is 17.9 Å². The van der Waals surface area contributed by atoms with Gasteiger partial charge in [0.05, 0.1) is 0 Å². The van der Waals surface area contributed by atoms with Crippen LogP contribution in [0.3, 0.4) is 0 Å².